The van der Waals surface area contributed by atoms with Crippen molar-refractivity contribution < 1.29 is 4.90 Å². The molecule has 0 unspecified atom stereocenters. The molecule has 1 aliphatic rings. The molecule has 0 amide bonds. The number of rotatable bonds is 6. The average Bonchev–Trinajstić information content (AvgIpc) is 3.17. The Kier molecular flexibility index (Phi) is 6.68. The summed E-state index contributed by atoms with van der Waals surface area (Å²) in [7, 11) is 0. The minimum Gasteiger partial charge on any atom is -0.359 e. The fraction of sp³-hybridized carbons (Fsp3) is 0.350. The topological polar surface area (TPSA) is 28.5 Å². The van der Waals surface area contributed by atoms with Crippen LogP contribution in [0, 0.1) is 0 Å². The van der Waals surface area contributed by atoms with E-state index in [2.05, 4.69) is 34.9 Å². The van der Waals surface area contributed by atoms with Crippen LogP contribution in [0.1, 0.15) is 30.0 Å². The monoisotopic (exact) mass is 374 g/mol. The number of nitrogens with one attached hydrogen (secondary N) is 3. The lowest BCUT2D eigenvalue weighted by Crippen LogP contribution is -3.11. The van der Waals surface area contributed by atoms with Crippen LogP contribution in [0.15, 0.2) is 54.6 Å². The van der Waals surface area contributed by atoms with Crippen LogP contribution in [-0.2, 0) is 6.54 Å². The minimum absolute atomic E-state index is 0.327. The maximum Gasteiger partial charge on any atom is 0.166 e. The minimum atomic E-state index is 0.327. The van der Waals surface area contributed by atoms with Crippen molar-refractivity contribution in [3.05, 3.63) is 70.7 Å². The number of benzene rings is 2. The second kappa shape index (κ2) is 9.18. The van der Waals surface area contributed by atoms with Gasteiger partial charge in [-0.15, -0.1) is 0 Å². The van der Waals surface area contributed by atoms with Crippen molar-refractivity contribution in [2.45, 2.75) is 25.4 Å². The first-order valence-corrected chi connectivity index (χ1v) is 9.67. The predicted octanol–water partition coefficient (Wildman–Crippen LogP) is 2.72. The molecule has 3 N–H and O–H groups in total. The molecular formula is C20H25ClN3S+. The zero-order valence-corrected chi connectivity index (χ0v) is 15.9. The third-order valence-corrected chi connectivity index (χ3v) is 5.41. The van der Waals surface area contributed by atoms with E-state index < -0.39 is 0 Å². The molecule has 0 aliphatic carbocycles. The molecule has 1 aliphatic heterocycles. The molecule has 0 saturated carbocycles. The molecule has 0 radical (unpaired) electrons. The number of hydrogen-bond donors (Lipinski definition) is 3. The number of likely N-dealkylation sites (tertiary alicyclic amines) is 1. The van der Waals surface area contributed by atoms with E-state index in [4.69, 9.17) is 23.8 Å². The summed E-state index contributed by atoms with van der Waals surface area (Å²) in [4.78, 5) is 1.59. The molecule has 3 nitrogen and oxygen atoms in total. The third kappa shape index (κ3) is 5.18. The Morgan fingerprint density at radius 2 is 1.68 bits per heavy atom. The Bertz CT molecular complexity index is 686. The van der Waals surface area contributed by atoms with Crippen LogP contribution in [0.5, 0.6) is 0 Å². The lowest BCUT2D eigenvalue weighted by molar-refractivity contribution is -0.918. The summed E-state index contributed by atoms with van der Waals surface area (Å²) in [6.07, 6.45) is 2.57. The van der Waals surface area contributed by atoms with Crippen molar-refractivity contribution in [3.63, 3.8) is 0 Å². The molecule has 0 spiro atoms. The molecule has 1 fully saturated rings. The van der Waals surface area contributed by atoms with Gasteiger partial charge in [0.15, 0.2) is 5.11 Å². The maximum atomic E-state index is 6.46. The van der Waals surface area contributed by atoms with Gasteiger partial charge in [0, 0.05) is 30.0 Å². The number of hydrogen-bond acceptors (Lipinski definition) is 1. The standard InChI is InChI=1S/C20H24ClN3S/c21-18-11-5-4-10-17(18)19(24-12-6-7-13-24)15-23-20(25)22-14-16-8-2-1-3-9-16/h1-5,8-11,19H,6-7,12-15H2,(H2,22,23,25)/p+1/t19-/m0/s1. The van der Waals surface area contributed by atoms with E-state index in [-0.39, 0.29) is 0 Å². The Hall–Kier alpha value is -1.62. The molecule has 2 aromatic carbocycles. The van der Waals surface area contributed by atoms with E-state index in [1.54, 1.807) is 4.90 Å². The second-order valence-corrected chi connectivity index (χ2v) is 7.30. The molecule has 1 saturated heterocycles. The van der Waals surface area contributed by atoms with Crippen LogP contribution >= 0.6 is 23.8 Å². The highest BCUT2D eigenvalue weighted by Crippen LogP contribution is 2.21. The Labute approximate surface area is 160 Å². The van der Waals surface area contributed by atoms with Crippen molar-refractivity contribution in [3.8, 4) is 0 Å². The highest BCUT2D eigenvalue weighted by Gasteiger charge is 2.28. The Morgan fingerprint density at radius 3 is 2.40 bits per heavy atom. The van der Waals surface area contributed by atoms with Crippen LogP contribution < -0.4 is 15.5 Å². The first-order chi connectivity index (χ1) is 12.2. The molecular weight excluding hydrogens is 350 g/mol. The highest BCUT2D eigenvalue weighted by atomic mass is 35.5. The second-order valence-electron chi connectivity index (χ2n) is 6.49. The average molecular weight is 375 g/mol. The molecule has 0 aromatic heterocycles. The highest BCUT2D eigenvalue weighted by molar-refractivity contribution is 7.80. The van der Waals surface area contributed by atoms with Gasteiger partial charge in [0.25, 0.3) is 0 Å². The van der Waals surface area contributed by atoms with Gasteiger partial charge in [-0.25, -0.2) is 0 Å². The molecule has 2 aromatic rings. The van der Waals surface area contributed by atoms with Crippen LogP contribution in [-0.4, -0.2) is 24.7 Å². The molecule has 132 valence electrons. The van der Waals surface area contributed by atoms with Crippen molar-refractivity contribution in [2.24, 2.45) is 0 Å². The summed E-state index contributed by atoms with van der Waals surface area (Å²) in [5, 5.41) is 8.22. The SMILES string of the molecule is S=C(NCc1ccccc1)NC[C@@H](c1ccccc1Cl)[NH+]1CCCC1. The van der Waals surface area contributed by atoms with Crippen molar-refractivity contribution in [2.75, 3.05) is 19.6 Å². The van der Waals surface area contributed by atoms with E-state index in [0.29, 0.717) is 11.2 Å². The molecule has 25 heavy (non-hydrogen) atoms. The largest absolute Gasteiger partial charge is 0.359 e. The zero-order chi connectivity index (χ0) is 17.5. The molecule has 1 heterocycles. The summed E-state index contributed by atoms with van der Waals surface area (Å²) < 4.78 is 0. The molecule has 0 bridgehead atoms. The van der Waals surface area contributed by atoms with Gasteiger partial charge in [0.1, 0.15) is 6.04 Å². The summed E-state index contributed by atoms with van der Waals surface area (Å²) in [5.74, 6) is 0. The quantitative estimate of drug-likeness (QED) is 0.679. The van der Waals surface area contributed by atoms with Gasteiger partial charge in [0.05, 0.1) is 19.6 Å². The molecule has 3 rings (SSSR count). The molecule has 5 heteroatoms. The third-order valence-electron chi connectivity index (χ3n) is 4.78. The summed E-state index contributed by atoms with van der Waals surface area (Å²) in [6, 6.07) is 18.8. The Morgan fingerprint density at radius 1 is 1.00 bits per heavy atom. The van der Waals surface area contributed by atoms with Crippen LogP contribution in [0.25, 0.3) is 0 Å². The van der Waals surface area contributed by atoms with Crippen molar-refractivity contribution in [1.29, 1.82) is 0 Å². The van der Waals surface area contributed by atoms with Crippen LogP contribution in [0.4, 0.5) is 0 Å². The fourth-order valence-corrected chi connectivity index (χ4v) is 3.87. The first kappa shape index (κ1) is 18.2. The maximum absolute atomic E-state index is 6.46. The van der Waals surface area contributed by atoms with Gasteiger partial charge in [-0.3, -0.25) is 0 Å². The number of quaternary nitrogens is 1. The normalized spacial score (nSPS) is 15.7. The van der Waals surface area contributed by atoms with E-state index in [1.165, 1.54) is 37.1 Å². The van der Waals surface area contributed by atoms with Gasteiger partial charge < -0.3 is 15.5 Å². The van der Waals surface area contributed by atoms with Crippen LogP contribution in [0.2, 0.25) is 5.02 Å². The summed E-state index contributed by atoms with van der Waals surface area (Å²) >= 11 is 11.9. The predicted molar refractivity (Wildman–Crippen MR) is 108 cm³/mol. The van der Waals surface area contributed by atoms with Gasteiger partial charge in [-0.1, -0.05) is 60.1 Å². The Balaban J connectivity index is 1.59. The zero-order valence-electron chi connectivity index (χ0n) is 14.3. The summed E-state index contributed by atoms with van der Waals surface area (Å²) in [5.41, 5.74) is 2.43. The van der Waals surface area contributed by atoms with Crippen LogP contribution in [0.3, 0.4) is 0 Å². The van der Waals surface area contributed by atoms with E-state index >= 15 is 0 Å². The van der Waals surface area contributed by atoms with Crippen molar-refractivity contribution >= 4 is 28.9 Å². The first-order valence-electron chi connectivity index (χ1n) is 8.88. The summed E-state index contributed by atoms with van der Waals surface area (Å²) in [6.45, 7) is 3.92. The van der Waals surface area contributed by atoms with Crippen molar-refractivity contribution in [1.82, 2.24) is 10.6 Å². The fourth-order valence-electron chi connectivity index (χ4n) is 3.44. The van der Waals surface area contributed by atoms with E-state index in [0.717, 1.165) is 18.1 Å². The van der Waals surface area contributed by atoms with E-state index in [9.17, 15) is 0 Å². The molecule has 1 atom stereocenters. The number of halogens is 1. The van der Waals surface area contributed by atoms with Gasteiger partial charge in [-0.2, -0.15) is 0 Å². The lowest BCUT2D eigenvalue weighted by Gasteiger charge is -2.26. The smallest absolute Gasteiger partial charge is 0.166 e. The lowest BCUT2D eigenvalue weighted by atomic mass is 10.1. The number of thiocarbonyl (C=S) groups is 1. The van der Waals surface area contributed by atoms with E-state index in [1.807, 2.05) is 30.3 Å². The van der Waals surface area contributed by atoms with Gasteiger partial charge in [0.2, 0.25) is 0 Å². The van der Waals surface area contributed by atoms with Gasteiger partial charge >= 0.3 is 0 Å². The van der Waals surface area contributed by atoms with Gasteiger partial charge in [-0.05, 0) is 23.8 Å².